The van der Waals surface area contributed by atoms with Gasteiger partial charge in [-0.1, -0.05) is 29.5 Å². The second-order valence-electron chi connectivity index (χ2n) is 27.4. The van der Waals surface area contributed by atoms with Gasteiger partial charge in [0.05, 0.1) is 49.0 Å². The Morgan fingerprint density at radius 2 is 1.21 bits per heavy atom. The molecular formula is C71H87FN18O9. The van der Waals surface area contributed by atoms with Gasteiger partial charge in [-0.25, -0.2) is 19.0 Å². The Bertz CT molecular complexity index is 4140. The van der Waals surface area contributed by atoms with Crippen LogP contribution < -0.4 is 21.3 Å². The highest BCUT2D eigenvalue weighted by Crippen LogP contribution is 2.41. The van der Waals surface area contributed by atoms with Crippen molar-refractivity contribution in [2.75, 3.05) is 95.9 Å². The third kappa shape index (κ3) is 15.2. The summed E-state index contributed by atoms with van der Waals surface area (Å²) in [5, 5.41) is 24.9. The molecule has 6 aliphatic heterocycles. The van der Waals surface area contributed by atoms with E-state index >= 15 is 4.39 Å². The number of esters is 1. The first-order chi connectivity index (χ1) is 48.0. The molecule has 0 aliphatic carbocycles. The minimum Gasteiger partial charge on any atom is -0.468 e. The summed E-state index contributed by atoms with van der Waals surface area (Å²) in [5.74, 6) is -1.12. The van der Waals surface area contributed by atoms with E-state index in [4.69, 9.17) is 20.6 Å². The first kappa shape index (κ1) is 67.7. The Morgan fingerprint density at radius 1 is 0.636 bits per heavy atom. The number of methoxy groups -OCH3 is 1. The van der Waals surface area contributed by atoms with Crippen molar-refractivity contribution < 1.29 is 47.5 Å². The average Bonchev–Trinajstić information content (AvgIpc) is 1.62. The van der Waals surface area contributed by atoms with Gasteiger partial charge >= 0.3 is 5.97 Å². The summed E-state index contributed by atoms with van der Waals surface area (Å²) in [6.07, 6.45) is 14.5. The number of nitrogens with two attached hydrogens (primary N) is 1. The van der Waals surface area contributed by atoms with Crippen molar-refractivity contribution in [2.24, 2.45) is 30.5 Å². The first-order valence-electron chi connectivity index (χ1n) is 35.1. The van der Waals surface area contributed by atoms with Gasteiger partial charge in [0, 0.05) is 144 Å². The lowest BCUT2D eigenvalue weighted by atomic mass is 9.87. The molecule has 0 saturated carbocycles. The Hall–Kier alpha value is -9.89. The Labute approximate surface area is 572 Å². The molecule has 7 aromatic rings. The Kier molecular flexibility index (Phi) is 20.6. The number of likely N-dealkylation sites (tertiary alicyclic amines) is 5. The number of halogens is 1. The molecule has 522 valence electrons. The van der Waals surface area contributed by atoms with Crippen LogP contribution in [0, 0.1) is 23.6 Å². The molecule has 4 N–H and O–H groups in total. The highest BCUT2D eigenvalue weighted by molar-refractivity contribution is 6.00. The highest BCUT2D eigenvalue weighted by atomic mass is 19.1. The summed E-state index contributed by atoms with van der Waals surface area (Å²) in [5.41, 5.74) is 11.2. The number of carbonyl (C=O) groups is 8. The number of hydrogen-bond donors (Lipinski definition) is 3. The van der Waals surface area contributed by atoms with Gasteiger partial charge in [-0.15, -0.1) is 5.10 Å². The van der Waals surface area contributed by atoms with Gasteiger partial charge < -0.3 is 50.5 Å². The van der Waals surface area contributed by atoms with Crippen molar-refractivity contribution >= 4 is 86.4 Å². The van der Waals surface area contributed by atoms with Crippen LogP contribution in [-0.4, -0.2) is 202 Å². The lowest BCUT2D eigenvalue weighted by Gasteiger charge is -2.40. The fourth-order valence-corrected chi connectivity index (χ4v) is 15.4. The predicted octanol–water partition coefficient (Wildman–Crippen LogP) is 6.04. The standard InChI is InChI=1S/C71H87FN18O9/c1-82-58-38-55(56(72)37-51(58)39-76-82)54-7-6-8-57-64(54)65(80-90(57)43-60(91)74-40-53-42-89(81-79-53)44-63(94)99-2)47-17-27-84(28-18-47)61(92)13-14-62(93)85-29-19-48(20-30-85)69(96)87-33-23-50(24-34-87)71(98)88-35-21-49(22-36-88)70(97)86-31-15-46(16-32-86)45-9-11-52(12-10-45)77-68-66(67(73)95)75-41-59(78-68)83-25-4-3-5-26-83/h6-12,37-39,41-42,46-50H,3-5,13-36,40,43-44H2,1-2H3,(H2,73,95)(H,74,91)(H,77,78). The van der Waals surface area contributed by atoms with Crippen LogP contribution in [0.15, 0.2) is 73.2 Å². The third-order valence-corrected chi connectivity index (χ3v) is 21.2. The summed E-state index contributed by atoms with van der Waals surface area (Å²) in [4.78, 5) is 127. The number of benzene rings is 3. The number of rotatable bonds is 19. The number of ether oxygens (including phenoxy) is 1. The summed E-state index contributed by atoms with van der Waals surface area (Å²) < 4.78 is 25.5. The van der Waals surface area contributed by atoms with Gasteiger partial charge in [0.15, 0.2) is 11.5 Å². The van der Waals surface area contributed by atoms with Gasteiger partial charge in [0.2, 0.25) is 35.4 Å². The molecule has 0 bridgehead atoms. The Balaban J connectivity index is 0.528. The SMILES string of the molecule is COC(=O)Cn1cc(CNC(=O)Cn2nc(C3CCN(C(=O)CCC(=O)N4CCC(C(=O)N5CCC(C(=O)N6CCC(C(=O)N7CCC(c8ccc(Nc9nc(N%10CCCCC%10)cnc9C(N)=O)cc8)CC7)CC6)CC5)CC4)CC3)c3c(-c4cc5c(cnn5C)cc4F)cccc32)nn1. The zero-order chi connectivity index (χ0) is 68.8. The average molecular weight is 1360 g/mol. The van der Waals surface area contributed by atoms with Gasteiger partial charge in [-0.3, -0.25) is 47.7 Å². The predicted molar refractivity (Wildman–Crippen MR) is 364 cm³/mol. The van der Waals surface area contributed by atoms with Crippen LogP contribution in [0.4, 0.5) is 21.7 Å². The molecular weight excluding hydrogens is 1270 g/mol. The van der Waals surface area contributed by atoms with Crippen LogP contribution in [-0.2, 0) is 65.0 Å². The molecule has 27 nitrogen and oxygen atoms in total. The molecule has 0 radical (unpaired) electrons. The normalized spacial score (nSPS) is 18.1. The maximum Gasteiger partial charge on any atom is 0.327 e. The number of nitrogens with zero attached hydrogens (tertiary/aromatic N) is 15. The van der Waals surface area contributed by atoms with Crippen molar-refractivity contribution in [3.63, 3.8) is 0 Å². The quantitative estimate of drug-likeness (QED) is 0.0777. The summed E-state index contributed by atoms with van der Waals surface area (Å²) in [6, 6.07) is 16.9. The van der Waals surface area contributed by atoms with E-state index in [0.29, 0.717) is 167 Å². The molecule has 28 heteroatoms. The van der Waals surface area contributed by atoms with Crippen LogP contribution in [0.25, 0.3) is 32.9 Å². The van der Waals surface area contributed by atoms with Crippen LogP contribution in [0.2, 0.25) is 0 Å². The minimum absolute atomic E-state index is 0.0487. The smallest absolute Gasteiger partial charge is 0.327 e. The van der Waals surface area contributed by atoms with Gasteiger partial charge in [0.25, 0.3) is 5.91 Å². The number of aromatic nitrogens is 9. The summed E-state index contributed by atoms with van der Waals surface area (Å²) >= 11 is 0. The molecule has 99 heavy (non-hydrogen) atoms. The largest absolute Gasteiger partial charge is 0.468 e. The van der Waals surface area contributed by atoms with Gasteiger partial charge in [0.1, 0.15) is 30.4 Å². The molecule has 13 rings (SSSR count). The van der Waals surface area contributed by atoms with E-state index in [1.807, 2.05) is 45.0 Å². The minimum atomic E-state index is -0.645. The number of primary amides is 1. The van der Waals surface area contributed by atoms with E-state index in [-0.39, 0.29) is 97.3 Å². The van der Waals surface area contributed by atoms with Crippen LogP contribution in [0.5, 0.6) is 0 Å². The molecule has 6 aliphatic rings. The van der Waals surface area contributed by atoms with E-state index in [9.17, 15) is 38.4 Å². The zero-order valence-corrected chi connectivity index (χ0v) is 56.4. The second kappa shape index (κ2) is 30.1. The number of anilines is 3. The molecule has 6 fully saturated rings. The summed E-state index contributed by atoms with van der Waals surface area (Å²) in [6.45, 7) is 6.67. The summed E-state index contributed by atoms with van der Waals surface area (Å²) in [7, 11) is 3.08. The van der Waals surface area contributed by atoms with Gasteiger partial charge in [-0.2, -0.15) is 10.2 Å². The van der Waals surface area contributed by atoms with Crippen LogP contribution >= 0.6 is 0 Å². The lowest BCUT2D eigenvalue weighted by Crippen LogP contribution is -2.50. The molecule has 4 aromatic heterocycles. The van der Waals surface area contributed by atoms with Crippen molar-refractivity contribution in [1.29, 1.82) is 0 Å². The molecule has 3 aromatic carbocycles. The second-order valence-corrected chi connectivity index (χ2v) is 27.4. The monoisotopic (exact) mass is 1350 g/mol. The van der Waals surface area contributed by atoms with Crippen molar-refractivity contribution in [3.8, 4) is 11.1 Å². The van der Waals surface area contributed by atoms with Crippen molar-refractivity contribution in [3.05, 3.63) is 102 Å². The van der Waals surface area contributed by atoms with E-state index in [1.165, 1.54) is 29.8 Å². The van der Waals surface area contributed by atoms with Crippen molar-refractivity contribution in [2.45, 2.75) is 128 Å². The number of hydrogen-bond acceptors (Lipinski definition) is 17. The lowest BCUT2D eigenvalue weighted by molar-refractivity contribution is -0.146. The van der Waals surface area contributed by atoms with E-state index < -0.39 is 17.7 Å². The van der Waals surface area contributed by atoms with E-state index in [0.717, 1.165) is 55.8 Å². The third-order valence-electron chi connectivity index (χ3n) is 21.2. The maximum atomic E-state index is 16.1. The number of fused-ring (bicyclic) bond motifs is 2. The van der Waals surface area contributed by atoms with Crippen LogP contribution in [0.1, 0.15) is 136 Å². The number of amides is 7. The zero-order valence-electron chi connectivity index (χ0n) is 56.4. The van der Waals surface area contributed by atoms with E-state index in [2.05, 4.69) is 48.1 Å². The molecule has 6 saturated heterocycles. The number of piperidine rings is 6. The number of aryl methyl sites for hydroxylation is 1. The molecule has 7 amide bonds. The van der Waals surface area contributed by atoms with Crippen LogP contribution in [0.3, 0.4) is 0 Å². The highest BCUT2D eigenvalue weighted by Gasteiger charge is 2.39. The number of nitrogens with one attached hydrogen (secondary N) is 2. The fraction of sp³-hybridized carbons (Fsp3) is 0.521. The number of carbonyl (C=O) groups excluding carboxylic acids is 8. The topological polar surface area (TPSA) is 307 Å². The Morgan fingerprint density at radius 3 is 1.81 bits per heavy atom. The molecule has 0 unspecified atom stereocenters. The van der Waals surface area contributed by atoms with E-state index in [1.54, 1.807) is 50.9 Å². The molecule has 10 heterocycles. The molecule has 0 spiro atoms. The maximum absolute atomic E-state index is 16.1. The molecule has 0 atom stereocenters. The van der Waals surface area contributed by atoms with Crippen molar-refractivity contribution in [1.82, 2.24) is 74.3 Å². The fourth-order valence-electron chi connectivity index (χ4n) is 15.4. The first-order valence-corrected chi connectivity index (χ1v) is 35.1. The van der Waals surface area contributed by atoms with Gasteiger partial charge in [-0.05, 0) is 131 Å².